The van der Waals surface area contributed by atoms with E-state index < -0.39 is 5.91 Å². The lowest BCUT2D eigenvalue weighted by Gasteiger charge is -2.12. The molecule has 0 saturated heterocycles. The van der Waals surface area contributed by atoms with E-state index in [4.69, 9.17) is 4.74 Å². The number of hydrogen-bond donors (Lipinski definition) is 2. The third-order valence-electron chi connectivity index (χ3n) is 5.61. The molecule has 0 aliphatic carbocycles. The number of anilines is 1. The van der Waals surface area contributed by atoms with Crippen LogP contribution < -0.4 is 15.4 Å². The van der Waals surface area contributed by atoms with Crippen molar-refractivity contribution in [2.75, 3.05) is 17.7 Å². The van der Waals surface area contributed by atoms with Crippen molar-refractivity contribution in [3.05, 3.63) is 132 Å². The highest BCUT2D eigenvalue weighted by Gasteiger charge is 2.15. The van der Waals surface area contributed by atoms with Gasteiger partial charge in [-0.3, -0.25) is 14.4 Å². The molecule has 0 aromatic heterocycles. The zero-order chi connectivity index (χ0) is 27.5. The number of rotatable bonds is 11. The molecule has 39 heavy (non-hydrogen) atoms. The van der Waals surface area contributed by atoms with Crippen LogP contribution in [0.15, 0.2) is 120 Å². The molecule has 7 heteroatoms. The fourth-order valence-electron chi connectivity index (χ4n) is 3.63. The molecule has 0 atom stereocenters. The lowest BCUT2D eigenvalue weighted by molar-refractivity contribution is -0.113. The number of hydrogen-bond acceptors (Lipinski definition) is 5. The molecular weight excluding hydrogens is 508 g/mol. The van der Waals surface area contributed by atoms with E-state index in [-0.39, 0.29) is 23.1 Å². The Morgan fingerprint density at radius 1 is 0.769 bits per heavy atom. The van der Waals surface area contributed by atoms with E-state index in [0.717, 1.165) is 16.2 Å². The average molecular weight is 537 g/mol. The fraction of sp³-hybridized carbons (Fsp3) is 0.0938. The molecule has 0 fully saturated rings. The second-order valence-electron chi connectivity index (χ2n) is 8.44. The first-order valence-corrected chi connectivity index (χ1v) is 13.4. The van der Waals surface area contributed by atoms with Gasteiger partial charge < -0.3 is 15.4 Å². The maximum Gasteiger partial charge on any atom is 0.272 e. The molecule has 0 saturated carbocycles. The molecule has 0 radical (unpaired) electrons. The third kappa shape index (κ3) is 8.18. The van der Waals surface area contributed by atoms with Gasteiger partial charge in [0.1, 0.15) is 11.4 Å². The summed E-state index contributed by atoms with van der Waals surface area (Å²) in [4.78, 5) is 39.4. The van der Waals surface area contributed by atoms with Crippen molar-refractivity contribution in [2.45, 2.75) is 11.8 Å². The lowest BCUT2D eigenvalue weighted by atomic mass is 10.1. The van der Waals surface area contributed by atoms with Gasteiger partial charge in [-0.15, -0.1) is 11.8 Å². The summed E-state index contributed by atoms with van der Waals surface area (Å²) in [6.45, 7) is 2.49. The van der Waals surface area contributed by atoms with Gasteiger partial charge in [0.25, 0.3) is 11.8 Å². The predicted octanol–water partition coefficient (Wildman–Crippen LogP) is 6.47. The molecule has 0 spiro atoms. The molecule has 0 heterocycles. The minimum absolute atomic E-state index is 0.0188. The zero-order valence-corrected chi connectivity index (χ0v) is 22.2. The van der Waals surface area contributed by atoms with Crippen molar-refractivity contribution >= 4 is 41.1 Å². The number of thioether (sulfide) groups is 1. The standard InChI is InChI=1S/C32H28N2O4S/c1-2-38-27-17-13-24(14-18-27)30(35)22-39-28-19-15-26(16-20-28)33-32(37)29(21-23-9-5-3-6-10-23)34-31(36)25-11-7-4-8-12-25/h3-21H,2,22H2,1H3,(H,33,37)(H,34,36)/b29-21-. The summed E-state index contributed by atoms with van der Waals surface area (Å²) in [6.07, 6.45) is 1.63. The summed E-state index contributed by atoms with van der Waals surface area (Å²) in [5.41, 5.74) is 2.54. The SMILES string of the molecule is CCOc1ccc(C(=O)CSc2ccc(NC(=O)/C(=C/c3ccccc3)NC(=O)c3ccccc3)cc2)cc1. The normalized spacial score (nSPS) is 10.9. The summed E-state index contributed by atoms with van der Waals surface area (Å²) >= 11 is 1.42. The number of ether oxygens (including phenoxy) is 1. The Morgan fingerprint density at radius 3 is 2.05 bits per heavy atom. The van der Waals surface area contributed by atoms with Crippen LogP contribution in [-0.4, -0.2) is 30.0 Å². The minimum atomic E-state index is -0.450. The lowest BCUT2D eigenvalue weighted by Crippen LogP contribution is -2.30. The van der Waals surface area contributed by atoms with Gasteiger partial charge >= 0.3 is 0 Å². The summed E-state index contributed by atoms with van der Waals surface area (Å²) in [5, 5.41) is 5.58. The van der Waals surface area contributed by atoms with Crippen LogP contribution in [0, 0.1) is 0 Å². The van der Waals surface area contributed by atoms with Gasteiger partial charge in [0.15, 0.2) is 5.78 Å². The Labute approximate surface area is 232 Å². The smallest absolute Gasteiger partial charge is 0.272 e. The molecule has 0 unspecified atom stereocenters. The number of Topliss-reactive ketones (excluding diaryl/α,β-unsaturated/α-hetero) is 1. The molecule has 2 N–H and O–H groups in total. The fourth-order valence-corrected chi connectivity index (χ4v) is 4.42. The van der Waals surface area contributed by atoms with E-state index >= 15 is 0 Å². The summed E-state index contributed by atoms with van der Waals surface area (Å²) in [5.74, 6) is 0.215. The maximum absolute atomic E-state index is 13.2. The van der Waals surface area contributed by atoms with E-state index in [1.54, 1.807) is 66.7 Å². The first-order valence-electron chi connectivity index (χ1n) is 12.5. The summed E-state index contributed by atoms with van der Waals surface area (Å²) in [6, 6.07) is 32.4. The third-order valence-corrected chi connectivity index (χ3v) is 6.62. The highest BCUT2D eigenvalue weighted by Crippen LogP contribution is 2.23. The molecule has 0 aliphatic rings. The molecule has 0 bridgehead atoms. The molecule has 0 aliphatic heterocycles. The number of carbonyl (C=O) groups excluding carboxylic acids is 3. The Kier molecular flexibility index (Phi) is 9.69. The van der Waals surface area contributed by atoms with Gasteiger partial charge in [-0.05, 0) is 79.2 Å². The molecule has 4 aromatic carbocycles. The van der Waals surface area contributed by atoms with Crippen LogP contribution >= 0.6 is 11.8 Å². The maximum atomic E-state index is 13.2. The zero-order valence-electron chi connectivity index (χ0n) is 21.4. The quantitative estimate of drug-likeness (QED) is 0.130. The van der Waals surface area contributed by atoms with Crippen LogP contribution in [-0.2, 0) is 4.79 Å². The Hall–Kier alpha value is -4.62. The topological polar surface area (TPSA) is 84.5 Å². The van der Waals surface area contributed by atoms with Crippen molar-refractivity contribution in [2.24, 2.45) is 0 Å². The Morgan fingerprint density at radius 2 is 1.41 bits per heavy atom. The second-order valence-corrected chi connectivity index (χ2v) is 9.49. The first kappa shape index (κ1) is 27.4. The van der Waals surface area contributed by atoms with Crippen LogP contribution in [0.2, 0.25) is 0 Å². The first-order chi connectivity index (χ1) is 19.0. The van der Waals surface area contributed by atoms with Crippen molar-refractivity contribution in [3.8, 4) is 5.75 Å². The number of carbonyl (C=O) groups is 3. The van der Waals surface area contributed by atoms with Gasteiger partial charge in [0, 0.05) is 21.7 Å². The van der Waals surface area contributed by atoms with E-state index in [2.05, 4.69) is 10.6 Å². The van der Waals surface area contributed by atoms with Gasteiger partial charge in [-0.25, -0.2) is 0 Å². The number of nitrogens with one attached hydrogen (secondary N) is 2. The van der Waals surface area contributed by atoms with E-state index in [0.29, 0.717) is 23.4 Å². The molecule has 2 amide bonds. The van der Waals surface area contributed by atoms with E-state index in [9.17, 15) is 14.4 Å². The van der Waals surface area contributed by atoms with Gasteiger partial charge in [0.2, 0.25) is 0 Å². The molecular formula is C32H28N2O4S. The van der Waals surface area contributed by atoms with Crippen LogP contribution in [0.25, 0.3) is 6.08 Å². The average Bonchev–Trinajstić information content (AvgIpc) is 2.98. The monoisotopic (exact) mass is 536 g/mol. The molecule has 4 aromatic rings. The van der Waals surface area contributed by atoms with Gasteiger partial charge in [-0.1, -0.05) is 48.5 Å². The van der Waals surface area contributed by atoms with Crippen molar-refractivity contribution < 1.29 is 19.1 Å². The van der Waals surface area contributed by atoms with Crippen molar-refractivity contribution in [1.82, 2.24) is 5.32 Å². The van der Waals surface area contributed by atoms with Crippen LogP contribution in [0.4, 0.5) is 5.69 Å². The second kappa shape index (κ2) is 13.8. The molecule has 196 valence electrons. The van der Waals surface area contributed by atoms with Crippen molar-refractivity contribution in [1.29, 1.82) is 0 Å². The van der Waals surface area contributed by atoms with Crippen molar-refractivity contribution in [3.63, 3.8) is 0 Å². The number of amides is 2. The Balaban J connectivity index is 1.39. The highest BCUT2D eigenvalue weighted by atomic mass is 32.2. The van der Waals surface area contributed by atoms with Gasteiger partial charge in [-0.2, -0.15) is 0 Å². The Bertz CT molecular complexity index is 1440. The van der Waals surface area contributed by atoms with E-state index in [1.165, 1.54) is 11.8 Å². The highest BCUT2D eigenvalue weighted by molar-refractivity contribution is 8.00. The van der Waals surface area contributed by atoms with E-state index in [1.807, 2.05) is 55.5 Å². The molecule has 4 rings (SSSR count). The number of benzene rings is 4. The summed E-state index contributed by atoms with van der Waals surface area (Å²) < 4.78 is 5.42. The van der Waals surface area contributed by atoms with Gasteiger partial charge in [0.05, 0.1) is 12.4 Å². The number of ketones is 1. The summed E-state index contributed by atoms with van der Waals surface area (Å²) in [7, 11) is 0. The van der Waals surface area contributed by atoms with Crippen LogP contribution in [0.1, 0.15) is 33.2 Å². The predicted molar refractivity (Wildman–Crippen MR) is 156 cm³/mol. The molecule has 6 nitrogen and oxygen atoms in total. The minimum Gasteiger partial charge on any atom is -0.494 e. The van der Waals surface area contributed by atoms with Crippen LogP contribution in [0.3, 0.4) is 0 Å². The van der Waals surface area contributed by atoms with Crippen LogP contribution in [0.5, 0.6) is 5.75 Å². The largest absolute Gasteiger partial charge is 0.494 e.